The van der Waals surface area contributed by atoms with Crippen molar-refractivity contribution >= 4 is 27.5 Å². The first-order valence-corrected chi connectivity index (χ1v) is 16.1. The van der Waals surface area contributed by atoms with E-state index in [-0.39, 0.29) is 29.1 Å². The number of benzene rings is 3. The van der Waals surface area contributed by atoms with Gasteiger partial charge in [0.15, 0.2) is 0 Å². The molecule has 0 spiro atoms. The van der Waals surface area contributed by atoms with Crippen LogP contribution in [0.3, 0.4) is 0 Å². The first-order valence-electron chi connectivity index (χ1n) is 14.7. The number of anilines is 1. The van der Waals surface area contributed by atoms with Crippen LogP contribution in [0.1, 0.15) is 57.1 Å². The van der Waals surface area contributed by atoms with Gasteiger partial charge in [0.2, 0.25) is 11.8 Å². The predicted molar refractivity (Wildman–Crippen MR) is 165 cm³/mol. The average Bonchev–Trinajstić information content (AvgIpc) is 3.50. The van der Waals surface area contributed by atoms with Gasteiger partial charge in [-0.2, -0.15) is 0 Å². The van der Waals surface area contributed by atoms with Crippen molar-refractivity contribution in [2.45, 2.75) is 76.4 Å². The van der Waals surface area contributed by atoms with E-state index in [1.54, 1.807) is 36.4 Å². The summed E-state index contributed by atoms with van der Waals surface area (Å²) in [5.41, 5.74) is 2.02. The van der Waals surface area contributed by atoms with Crippen molar-refractivity contribution in [1.82, 2.24) is 10.2 Å². The van der Waals surface area contributed by atoms with Crippen molar-refractivity contribution in [3.63, 3.8) is 0 Å². The van der Waals surface area contributed by atoms with Crippen LogP contribution in [0.25, 0.3) is 0 Å². The number of rotatable bonds is 13. The third kappa shape index (κ3) is 7.50. The summed E-state index contributed by atoms with van der Waals surface area (Å²) in [6, 6.07) is 22.1. The number of hydrogen-bond donors (Lipinski definition) is 1. The SMILES string of the molecule is CCOc1ccccc1N(CC(=O)N(Cc1ccccc1)C(CC)C(=O)NC1CCCC1)S(=O)(=O)c1ccc(C)cc1. The average molecular weight is 592 g/mol. The van der Waals surface area contributed by atoms with Crippen LogP contribution in [0, 0.1) is 6.92 Å². The molecule has 3 aromatic rings. The molecule has 0 heterocycles. The molecule has 224 valence electrons. The largest absolute Gasteiger partial charge is 0.492 e. The molecule has 1 N–H and O–H groups in total. The molecule has 0 bridgehead atoms. The summed E-state index contributed by atoms with van der Waals surface area (Å²) >= 11 is 0. The number of sulfonamides is 1. The van der Waals surface area contributed by atoms with E-state index in [1.807, 2.05) is 51.1 Å². The highest BCUT2D eigenvalue weighted by Gasteiger charge is 2.35. The first-order chi connectivity index (χ1) is 20.2. The smallest absolute Gasteiger partial charge is 0.264 e. The summed E-state index contributed by atoms with van der Waals surface area (Å²) in [6.45, 7) is 5.56. The third-order valence-corrected chi connectivity index (χ3v) is 9.38. The van der Waals surface area contributed by atoms with E-state index in [1.165, 1.54) is 17.0 Å². The van der Waals surface area contributed by atoms with Crippen LogP contribution in [0.4, 0.5) is 5.69 Å². The van der Waals surface area contributed by atoms with Gasteiger partial charge < -0.3 is 15.0 Å². The van der Waals surface area contributed by atoms with Gasteiger partial charge in [-0.3, -0.25) is 13.9 Å². The highest BCUT2D eigenvalue weighted by Crippen LogP contribution is 2.33. The van der Waals surface area contributed by atoms with E-state index in [9.17, 15) is 18.0 Å². The molecule has 1 atom stereocenters. The van der Waals surface area contributed by atoms with Crippen LogP contribution >= 0.6 is 0 Å². The standard InChI is InChI=1S/C33H41N3O5S/c1-4-29(33(38)34-27-15-9-10-16-27)35(23-26-13-7-6-8-14-26)32(37)24-36(30-17-11-12-18-31(30)41-5-2)42(39,40)28-21-19-25(3)20-22-28/h6-8,11-14,17-22,27,29H,4-5,9-10,15-16,23-24H2,1-3H3,(H,34,38). The molecule has 0 radical (unpaired) electrons. The number of aryl methyl sites for hydroxylation is 1. The molecular formula is C33H41N3O5S. The minimum atomic E-state index is -4.18. The Balaban J connectivity index is 1.74. The minimum Gasteiger partial charge on any atom is -0.492 e. The maximum atomic E-state index is 14.3. The number of hydrogen-bond acceptors (Lipinski definition) is 5. The zero-order valence-electron chi connectivity index (χ0n) is 24.7. The molecule has 0 aromatic heterocycles. The van der Waals surface area contributed by atoms with Gasteiger partial charge in [-0.05, 0) is 62.9 Å². The topological polar surface area (TPSA) is 96.0 Å². The lowest BCUT2D eigenvalue weighted by Gasteiger charge is -2.34. The number of amides is 2. The molecule has 0 aliphatic heterocycles. The Morgan fingerprint density at radius 1 is 0.929 bits per heavy atom. The number of ether oxygens (including phenoxy) is 1. The molecule has 3 aromatic carbocycles. The number of carbonyl (C=O) groups excluding carboxylic acids is 2. The van der Waals surface area contributed by atoms with Gasteiger partial charge in [-0.1, -0.05) is 79.9 Å². The van der Waals surface area contributed by atoms with Crippen LogP contribution in [0.5, 0.6) is 5.75 Å². The third-order valence-electron chi connectivity index (χ3n) is 7.60. The summed E-state index contributed by atoms with van der Waals surface area (Å²) in [4.78, 5) is 29.4. The number of nitrogens with zero attached hydrogens (tertiary/aromatic N) is 2. The fourth-order valence-corrected chi connectivity index (χ4v) is 6.78. The second kappa shape index (κ2) is 14.4. The Labute approximate surface area is 249 Å². The summed E-state index contributed by atoms with van der Waals surface area (Å²) in [7, 11) is -4.18. The van der Waals surface area contributed by atoms with Crippen molar-refractivity contribution in [1.29, 1.82) is 0 Å². The Kier molecular flexibility index (Phi) is 10.6. The molecule has 1 aliphatic rings. The van der Waals surface area contributed by atoms with Gasteiger partial charge in [0.05, 0.1) is 17.2 Å². The van der Waals surface area contributed by atoms with Crippen molar-refractivity contribution in [3.8, 4) is 5.75 Å². The molecule has 42 heavy (non-hydrogen) atoms. The molecule has 1 saturated carbocycles. The summed E-state index contributed by atoms with van der Waals surface area (Å²) in [5.74, 6) is -0.338. The summed E-state index contributed by atoms with van der Waals surface area (Å²) < 4.78 is 35.2. The highest BCUT2D eigenvalue weighted by molar-refractivity contribution is 7.92. The molecule has 1 unspecified atom stereocenters. The number of carbonyl (C=O) groups is 2. The normalized spacial score (nSPS) is 14.3. The fourth-order valence-electron chi connectivity index (χ4n) is 5.36. The van der Waals surface area contributed by atoms with Crippen molar-refractivity contribution in [3.05, 3.63) is 90.0 Å². The van der Waals surface area contributed by atoms with Crippen LogP contribution in [0.15, 0.2) is 83.8 Å². The van der Waals surface area contributed by atoms with Gasteiger partial charge in [0.1, 0.15) is 18.3 Å². The molecule has 1 aliphatic carbocycles. The van der Waals surface area contributed by atoms with Gasteiger partial charge in [-0.25, -0.2) is 8.42 Å². The predicted octanol–water partition coefficient (Wildman–Crippen LogP) is 5.46. The Morgan fingerprint density at radius 2 is 1.57 bits per heavy atom. The second-order valence-corrected chi connectivity index (χ2v) is 12.5. The van der Waals surface area contributed by atoms with Gasteiger partial charge >= 0.3 is 0 Å². The van der Waals surface area contributed by atoms with E-state index in [2.05, 4.69) is 5.32 Å². The number of nitrogens with one attached hydrogen (secondary N) is 1. The minimum absolute atomic E-state index is 0.0628. The summed E-state index contributed by atoms with van der Waals surface area (Å²) in [6.07, 6.45) is 4.37. The fraction of sp³-hybridized carbons (Fsp3) is 0.394. The summed E-state index contributed by atoms with van der Waals surface area (Å²) in [5, 5.41) is 3.14. The molecule has 2 amide bonds. The van der Waals surface area contributed by atoms with E-state index >= 15 is 0 Å². The van der Waals surface area contributed by atoms with Crippen molar-refractivity contribution < 1.29 is 22.7 Å². The van der Waals surface area contributed by atoms with Crippen molar-refractivity contribution in [2.24, 2.45) is 0 Å². The molecular weight excluding hydrogens is 550 g/mol. The Bertz CT molecular complexity index is 1440. The molecule has 1 fully saturated rings. The second-order valence-electron chi connectivity index (χ2n) is 10.6. The molecule has 4 rings (SSSR count). The Hall–Kier alpha value is -3.85. The van der Waals surface area contributed by atoms with Gasteiger partial charge in [0, 0.05) is 12.6 Å². The molecule has 0 saturated heterocycles. The number of para-hydroxylation sites is 2. The van der Waals surface area contributed by atoms with E-state index in [0.29, 0.717) is 18.8 Å². The van der Waals surface area contributed by atoms with E-state index in [4.69, 9.17) is 4.74 Å². The van der Waals surface area contributed by atoms with Gasteiger partial charge in [0.25, 0.3) is 10.0 Å². The lowest BCUT2D eigenvalue weighted by molar-refractivity contribution is -0.140. The van der Waals surface area contributed by atoms with E-state index in [0.717, 1.165) is 41.1 Å². The quantitative estimate of drug-likeness (QED) is 0.285. The molecule has 9 heteroatoms. The lowest BCUT2D eigenvalue weighted by atomic mass is 10.1. The zero-order valence-corrected chi connectivity index (χ0v) is 25.5. The van der Waals surface area contributed by atoms with Gasteiger partial charge in [-0.15, -0.1) is 0 Å². The van der Waals surface area contributed by atoms with Crippen LogP contribution < -0.4 is 14.4 Å². The zero-order chi connectivity index (χ0) is 30.1. The maximum Gasteiger partial charge on any atom is 0.264 e. The highest BCUT2D eigenvalue weighted by atomic mass is 32.2. The van der Waals surface area contributed by atoms with Crippen LogP contribution in [0.2, 0.25) is 0 Å². The Morgan fingerprint density at radius 3 is 2.21 bits per heavy atom. The van der Waals surface area contributed by atoms with Crippen molar-refractivity contribution in [2.75, 3.05) is 17.5 Å². The molecule has 8 nitrogen and oxygen atoms in total. The van der Waals surface area contributed by atoms with E-state index < -0.39 is 28.5 Å². The van der Waals surface area contributed by atoms with Crippen LogP contribution in [-0.4, -0.2) is 50.4 Å². The first kappa shape index (κ1) is 31.1. The van der Waals surface area contributed by atoms with Crippen LogP contribution in [-0.2, 0) is 26.2 Å². The monoisotopic (exact) mass is 591 g/mol. The lowest BCUT2D eigenvalue weighted by Crippen LogP contribution is -2.53. The maximum absolute atomic E-state index is 14.3.